The molecule has 0 aliphatic rings. The SMILES string of the molecule is Fc1cc(F)cc(Cc2ccc(OCCCn3cccn3)c(Cl)c2)c1. The maximum absolute atomic E-state index is 13.3. The summed E-state index contributed by atoms with van der Waals surface area (Å²) in [4.78, 5) is 0. The molecule has 0 N–H and O–H groups in total. The number of ether oxygens (including phenoxy) is 1. The first kappa shape index (κ1) is 17.4. The van der Waals surface area contributed by atoms with Gasteiger partial charge in [0.05, 0.1) is 11.6 Å². The van der Waals surface area contributed by atoms with Gasteiger partial charge in [0, 0.05) is 31.4 Å². The highest BCUT2D eigenvalue weighted by molar-refractivity contribution is 6.32. The maximum Gasteiger partial charge on any atom is 0.137 e. The molecule has 0 fully saturated rings. The third-order valence-electron chi connectivity index (χ3n) is 3.68. The van der Waals surface area contributed by atoms with E-state index in [4.69, 9.17) is 16.3 Å². The summed E-state index contributed by atoms with van der Waals surface area (Å²) >= 11 is 6.25. The van der Waals surface area contributed by atoms with Gasteiger partial charge in [-0.1, -0.05) is 17.7 Å². The fourth-order valence-electron chi connectivity index (χ4n) is 2.56. The van der Waals surface area contributed by atoms with Crippen molar-refractivity contribution in [3.8, 4) is 5.75 Å². The summed E-state index contributed by atoms with van der Waals surface area (Å²) in [5, 5.41) is 4.60. The van der Waals surface area contributed by atoms with Crippen molar-refractivity contribution >= 4 is 11.6 Å². The molecule has 0 bridgehead atoms. The van der Waals surface area contributed by atoms with Gasteiger partial charge in [0.2, 0.25) is 0 Å². The molecule has 0 unspecified atom stereocenters. The van der Waals surface area contributed by atoms with E-state index in [1.54, 1.807) is 18.3 Å². The van der Waals surface area contributed by atoms with E-state index in [2.05, 4.69) is 5.10 Å². The Morgan fingerprint density at radius 1 is 1.04 bits per heavy atom. The van der Waals surface area contributed by atoms with Crippen molar-refractivity contribution in [1.29, 1.82) is 0 Å². The fourth-order valence-corrected chi connectivity index (χ4v) is 2.82. The Kier molecular flexibility index (Phi) is 5.66. The van der Waals surface area contributed by atoms with Gasteiger partial charge in [0.25, 0.3) is 0 Å². The molecule has 130 valence electrons. The minimum Gasteiger partial charge on any atom is -0.492 e. The molecule has 25 heavy (non-hydrogen) atoms. The molecule has 3 nitrogen and oxygen atoms in total. The van der Waals surface area contributed by atoms with Crippen molar-refractivity contribution in [1.82, 2.24) is 9.78 Å². The van der Waals surface area contributed by atoms with Crippen LogP contribution in [0.25, 0.3) is 0 Å². The van der Waals surface area contributed by atoms with Crippen molar-refractivity contribution in [2.24, 2.45) is 0 Å². The van der Waals surface area contributed by atoms with Crippen molar-refractivity contribution in [3.63, 3.8) is 0 Å². The largest absolute Gasteiger partial charge is 0.492 e. The summed E-state index contributed by atoms with van der Waals surface area (Å²) in [6.07, 6.45) is 4.84. The van der Waals surface area contributed by atoms with E-state index in [9.17, 15) is 8.78 Å². The average molecular weight is 363 g/mol. The van der Waals surface area contributed by atoms with Gasteiger partial charge >= 0.3 is 0 Å². The van der Waals surface area contributed by atoms with Crippen LogP contribution in [0.15, 0.2) is 54.9 Å². The smallest absolute Gasteiger partial charge is 0.137 e. The molecule has 0 radical (unpaired) electrons. The lowest BCUT2D eigenvalue weighted by Gasteiger charge is -2.10. The summed E-state index contributed by atoms with van der Waals surface area (Å²) in [5.74, 6) is -0.576. The van der Waals surface area contributed by atoms with Gasteiger partial charge in [0.1, 0.15) is 17.4 Å². The van der Waals surface area contributed by atoms with E-state index in [0.29, 0.717) is 29.4 Å². The van der Waals surface area contributed by atoms with Crippen molar-refractivity contribution in [2.45, 2.75) is 19.4 Å². The molecule has 0 atom stereocenters. The number of hydrogen-bond acceptors (Lipinski definition) is 2. The van der Waals surface area contributed by atoms with Crippen LogP contribution in [0.5, 0.6) is 5.75 Å². The number of benzene rings is 2. The minimum absolute atomic E-state index is 0.397. The fraction of sp³-hybridized carbons (Fsp3) is 0.211. The van der Waals surface area contributed by atoms with Crippen LogP contribution in [-0.2, 0) is 13.0 Å². The number of aromatic nitrogens is 2. The molecule has 0 amide bonds. The van der Waals surface area contributed by atoms with Crippen molar-refractivity contribution in [3.05, 3.63) is 82.6 Å². The molecule has 0 aliphatic heterocycles. The maximum atomic E-state index is 13.3. The molecule has 2 aromatic carbocycles. The molecule has 1 aromatic heterocycles. The van der Waals surface area contributed by atoms with Crippen LogP contribution in [0.4, 0.5) is 8.78 Å². The third-order valence-corrected chi connectivity index (χ3v) is 3.97. The highest BCUT2D eigenvalue weighted by atomic mass is 35.5. The van der Waals surface area contributed by atoms with E-state index in [0.717, 1.165) is 24.6 Å². The summed E-state index contributed by atoms with van der Waals surface area (Å²) in [5.41, 5.74) is 1.42. The minimum atomic E-state index is -0.585. The normalized spacial score (nSPS) is 10.8. The number of aryl methyl sites for hydroxylation is 1. The molecule has 6 heteroatoms. The van der Waals surface area contributed by atoms with Crippen LogP contribution in [0, 0.1) is 11.6 Å². The molecule has 0 spiro atoms. The highest BCUT2D eigenvalue weighted by Gasteiger charge is 2.06. The first-order valence-corrected chi connectivity index (χ1v) is 8.31. The summed E-state index contributed by atoms with van der Waals surface area (Å²) in [7, 11) is 0. The number of nitrogens with zero attached hydrogens (tertiary/aromatic N) is 2. The molecule has 3 rings (SSSR count). The van der Waals surface area contributed by atoms with Crippen LogP contribution in [0.2, 0.25) is 5.02 Å². The lowest BCUT2D eigenvalue weighted by molar-refractivity contribution is 0.299. The van der Waals surface area contributed by atoms with E-state index >= 15 is 0 Å². The molecular weight excluding hydrogens is 346 g/mol. The second-order valence-corrected chi connectivity index (χ2v) is 6.10. The van der Waals surface area contributed by atoms with Crippen molar-refractivity contribution < 1.29 is 13.5 Å². The highest BCUT2D eigenvalue weighted by Crippen LogP contribution is 2.27. The van der Waals surface area contributed by atoms with Gasteiger partial charge in [-0.3, -0.25) is 4.68 Å². The summed E-state index contributed by atoms with van der Waals surface area (Å²) in [6, 6.07) is 10.7. The van der Waals surface area contributed by atoms with Crippen LogP contribution < -0.4 is 4.74 Å². The predicted octanol–water partition coefficient (Wildman–Crippen LogP) is 4.87. The average Bonchev–Trinajstić information content (AvgIpc) is 3.05. The number of rotatable bonds is 7. The number of hydrogen-bond donors (Lipinski definition) is 0. The van der Waals surface area contributed by atoms with Crippen molar-refractivity contribution in [2.75, 3.05) is 6.61 Å². The van der Waals surface area contributed by atoms with Crippen LogP contribution in [0.1, 0.15) is 17.5 Å². The van der Waals surface area contributed by atoms with Crippen LogP contribution in [-0.4, -0.2) is 16.4 Å². The Morgan fingerprint density at radius 3 is 2.52 bits per heavy atom. The first-order chi connectivity index (χ1) is 12.1. The zero-order valence-corrected chi connectivity index (χ0v) is 14.2. The molecule has 1 heterocycles. The molecule has 0 saturated heterocycles. The van der Waals surface area contributed by atoms with Crippen LogP contribution in [0.3, 0.4) is 0 Å². The standard InChI is InChI=1S/C19H17ClF2N2O/c20-18-12-14(9-15-10-16(21)13-17(22)11-15)3-4-19(18)25-8-2-7-24-6-1-5-23-24/h1,3-6,10-13H,2,7-9H2. The second kappa shape index (κ2) is 8.12. The molecular formula is C19H17ClF2N2O. The summed E-state index contributed by atoms with van der Waals surface area (Å²) < 4.78 is 34.0. The van der Waals surface area contributed by atoms with Gasteiger partial charge in [-0.15, -0.1) is 0 Å². The van der Waals surface area contributed by atoms with E-state index in [-0.39, 0.29) is 0 Å². The van der Waals surface area contributed by atoms with E-state index in [1.165, 1.54) is 12.1 Å². The predicted molar refractivity (Wildman–Crippen MR) is 93.0 cm³/mol. The van der Waals surface area contributed by atoms with Gasteiger partial charge in [0.15, 0.2) is 0 Å². The monoisotopic (exact) mass is 362 g/mol. The Balaban J connectivity index is 1.56. The first-order valence-electron chi connectivity index (χ1n) is 7.94. The Hall–Kier alpha value is -2.40. The third kappa shape index (κ3) is 5.03. The van der Waals surface area contributed by atoms with Crippen LogP contribution >= 0.6 is 11.6 Å². The van der Waals surface area contributed by atoms with Gasteiger partial charge < -0.3 is 4.74 Å². The molecule has 0 saturated carbocycles. The topological polar surface area (TPSA) is 27.1 Å². The Bertz CT molecular complexity index is 817. The second-order valence-electron chi connectivity index (χ2n) is 5.69. The van der Waals surface area contributed by atoms with Gasteiger partial charge in [-0.25, -0.2) is 8.78 Å². The zero-order valence-electron chi connectivity index (χ0n) is 13.5. The quantitative estimate of drug-likeness (QED) is 0.560. The Labute approximate surface area is 149 Å². The number of halogens is 3. The molecule has 0 aliphatic carbocycles. The zero-order chi connectivity index (χ0) is 17.6. The lowest BCUT2D eigenvalue weighted by Crippen LogP contribution is -2.05. The molecule has 3 aromatic rings. The van der Waals surface area contributed by atoms with E-state index in [1.807, 2.05) is 23.0 Å². The van der Waals surface area contributed by atoms with E-state index < -0.39 is 11.6 Å². The Morgan fingerprint density at radius 2 is 1.84 bits per heavy atom. The lowest BCUT2D eigenvalue weighted by atomic mass is 10.0. The van der Waals surface area contributed by atoms with Gasteiger partial charge in [-0.2, -0.15) is 5.10 Å². The summed E-state index contributed by atoms with van der Waals surface area (Å²) in [6.45, 7) is 1.29. The van der Waals surface area contributed by atoms with Gasteiger partial charge in [-0.05, 0) is 47.9 Å².